The normalized spacial score (nSPS) is 19.4. The monoisotopic (exact) mass is 508 g/mol. The summed E-state index contributed by atoms with van der Waals surface area (Å²) >= 11 is 0. The number of pyridine rings is 1. The zero-order chi connectivity index (χ0) is 25.3. The van der Waals surface area contributed by atoms with Crippen molar-refractivity contribution in [3.8, 4) is 0 Å². The molecule has 1 unspecified atom stereocenters. The van der Waals surface area contributed by atoms with E-state index in [0.717, 1.165) is 52.9 Å². The van der Waals surface area contributed by atoms with Crippen molar-refractivity contribution in [2.45, 2.75) is 31.6 Å². The number of aryl methyl sites for hydroxylation is 1. The Hall–Kier alpha value is -3.01. The van der Waals surface area contributed by atoms with Crippen molar-refractivity contribution in [1.82, 2.24) is 9.29 Å². The number of aromatic nitrogens is 1. The van der Waals surface area contributed by atoms with Crippen LogP contribution in [0.4, 0.5) is 11.5 Å². The lowest BCUT2D eigenvalue weighted by Gasteiger charge is -2.33. The van der Waals surface area contributed by atoms with E-state index in [1.807, 2.05) is 44.2 Å². The van der Waals surface area contributed by atoms with Crippen LogP contribution in [-0.4, -0.2) is 63.0 Å². The van der Waals surface area contributed by atoms with Crippen molar-refractivity contribution >= 4 is 38.3 Å². The molecule has 2 aliphatic heterocycles. The highest BCUT2D eigenvalue weighted by Gasteiger charge is 2.28. The lowest BCUT2D eigenvalue weighted by molar-refractivity contribution is -0.120. The molecule has 8 nitrogen and oxygen atoms in total. The minimum atomic E-state index is -3.56. The Kier molecular flexibility index (Phi) is 6.96. The zero-order valence-electron chi connectivity index (χ0n) is 20.7. The van der Waals surface area contributed by atoms with Gasteiger partial charge in [-0.25, -0.2) is 13.4 Å². The van der Waals surface area contributed by atoms with Crippen molar-refractivity contribution in [3.05, 3.63) is 59.7 Å². The first kappa shape index (κ1) is 24.7. The number of hydrogen-bond donors (Lipinski definition) is 1. The lowest BCUT2D eigenvalue weighted by atomic mass is 9.96. The molecule has 2 aliphatic rings. The van der Waals surface area contributed by atoms with Crippen LogP contribution in [-0.2, 0) is 19.6 Å². The third-order valence-corrected chi connectivity index (χ3v) is 9.13. The van der Waals surface area contributed by atoms with Gasteiger partial charge in [0.2, 0.25) is 15.9 Å². The molecule has 36 heavy (non-hydrogen) atoms. The van der Waals surface area contributed by atoms with Gasteiger partial charge in [0, 0.05) is 37.3 Å². The average Bonchev–Trinajstić information content (AvgIpc) is 2.91. The molecular weight excluding hydrogens is 476 g/mol. The second-order valence-corrected chi connectivity index (χ2v) is 11.5. The van der Waals surface area contributed by atoms with E-state index in [1.54, 1.807) is 18.2 Å². The summed E-state index contributed by atoms with van der Waals surface area (Å²) in [6.45, 7) is 7.05. The second-order valence-electron chi connectivity index (χ2n) is 9.56. The molecule has 1 N–H and O–H groups in total. The number of morpholine rings is 1. The van der Waals surface area contributed by atoms with Gasteiger partial charge in [-0.2, -0.15) is 4.31 Å². The smallest absolute Gasteiger partial charge is 0.243 e. The Morgan fingerprint density at radius 3 is 2.67 bits per heavy atom. The van der Waals surface area contributed by atoms with Crippen LogP contribution < -0.4 is 10.2 Å². The molecule has 2 saturated heterocycles. The van der Waals surface area contributed by atoms with Crippen molar-refractivity contribution in [1.29, 1.82) is 0 Å². The molecule has 2 aromatic carbocycles. The largest absolute Gasteiger partial charge is 0.379 e. The number of anilines is 2. The van der Waals surface area contributed by atoms with Crippen LogP contribution in [0, 0.1) is 19.8 Å². The van der Waals surface area contributed by atoms with Gasteiger partial charge in [0.25, 0.3) is 0 Å². The Balaban J connectivity index is 1.31. The van der Waals surface area contributed by atoms with Crippen LogP contribution in [0.3, 0.4) is 0 Å². The number of sulfonamides is 1. The van der Waals surface area contributed by atoms with E-state index in [4.69, 9.17) is 9.72 Å². The molecule has 5 rings (SSSR count). The molecule has 0 saturated carbocycles. The van der Waals surface area contributed by atoms with Gasteiger partial charge < -0.3 is 15.0 Å². The maximum atomic E-state index is 13.1. The summed E-state index contributed by atoms with van der Waals surface area (Å²) in [5.41, 5.74) is 3.84. The van der Waals surface area contributed by atoms with Crippen LogP contribution in [0.15, 0.2) is 53.4 Å². The van der Waals surface area contributed by atoms with Crippen molar-refractivity contribution < 1.29 is 17.9 Å². The van der Waals surface area contributed by atoms with Crippen molar-refractivity contribution in [2.75, 3.05) is 49.6 Å². The first-order chi connectivity index (χ1) is 17.3. The van der Waals surface area contributed by atoms with Crippen LogP contribution in [0.5, 0.6) is 0 Å². The number of rotatable bonds is 5. The Labute approximate surface area is 212 Å². The summed E-state index contributed by atoms with van der Waals surface area (Å²) in [6, 6.07) is 14.9. The summed E-state index contributed by atoms with van der Waals surface area (Å²) < 4.78 is 32.8. The second kappa shape index (κ2) is 10.2. The van der Waals surface area contributed by atoms with E-state index in [1.165, 1.54) is 4.31 Å². The van der Waals surface area contributed by atoms with Crippen molar-refractivity contribution in [2.24, 2.45) is 5.92 Å². The number of hydrogen-bond acceptors (Lipinski definition) is 6. The maximum Gasteiger partial charge on any atom is 0.243 e. The number of nitrogens with one attached hydrogen (secondary N) is 1. The van der Waals surface area contributed by atoms with Crippen LogP contribution in [0.2, 0.25) is 0 Å². The fourth-order valence-corrected chi connectivity index (χ4v) is 6.33. The molecular formula is C27H32N4O4S. The number of carbonyl (C=O) groups excluding carboxylic acids is 1. The van der Waals surface area contributed by atoms with Gasteiger partial charge in [-0.05, 0) is 74.2 Å². The van der Waals surface area contributed by atoms with Gasteiger partial charge in [-0.3, -0.25) is 4.79 Å². The predicted molar refractivity (Wildman–Crippen MR) is 141 cm³/mol. The first-order valence-corrected chi connectivity index (χ1v) is 13.9. The minimum Gasteiger partial charge on any atom is -0.379 e. The average molecular weight is 509 g/mol. The van der Waals surface area contributed by atoms with Gasteiger partial charge in [0.1, 0.15) is 5.82 Å². The molecule has 0 aliphatic carbocycles. The van der Waals surface area contributed by atoms with Crippen LogP contribution in [0.25, 0.3) is 10.9 Å². The number of fused-ring (bicyclic) bond motifs is 1. The summed E-state index contributed by atoms with van der Waals surface area (Å²) in [4.78, 5) is 20.3. The number of carbonyl (C=O) groups is 1. The maximum absolute atomic E-state index is 13.1. The number of amides is 1. The highest BCUT2D eigenvalue weighted by Crippen LogP contribution is 2.28. The van der Waals surface area contributed by atoms with E-state index >= 15 is 0 Å². The van der Waals surface area contributed by atoms with E-state index in [0.29, 0.717) is 32.8 Å². The van der Waals surface area contributed by atoms with E-state index in [-0.39, 0.29) is 16.7 Å². The number of ether oxygens (including phenoxy) is 1. The summed E-state index contributed by atoms with van der Waals surface area (Å²) in [5, 5.41) is 3.89. The van der Waals surface area contributed by atoms with Crippen LogP contribution >= 0.6 is 0 Å². The van der Waals surface area contributed by atoms with Gasteiger partial charge in [0.15, 0.2) is 0 Å². The Morgan fingerprint density at radius 2 is 1.86 bits per heavy atom. The third kappa shape index (κ3) is 4.96. The molecule has 1 atom stereocenters. The van der Waals surface area contributed by atoms with Gasteiger partial charge in [0.05, 0.1) is 29.5 Å². The Bertz CT molecular complexity index is 1390. The molecule has 0 spiro atoms. The standard InChI is InChI=1S/C27H32N4O4S/c1-19-5-3-7-24(20(19)2)29-27(32)22-6-4-12-30(18-22)26-11-8-21-17-23(9-10-25(21)28-26)36(33,34)31-13-15-35-16-14-31/h3,5,7-11,17,22H,4,6,12-16,18H2,1-2H3,(H,29,32). The molecule has 0 radical (unpaired) electrons. The molecule has 9 heteroatoms. The highest BCUT2D eigenvalue weighted by molar-refractivity contribution is 7.89. The summed E-state index contributed by atoms with van der Waals surface area (Å²) in [7, 11) is -3.56. The van der Waals surface area contributed by atoms with Crippen LogP contribution in [0.1, 0.15) is 24.0 Å². The SMILES string of the molecule is Cc1cccc(NC(=O)C2CCCN(c3ccc4cc(S(=O)(=O)N5CCOCC5)ccc4n3)C2)c1C. The lowest BCUT2D eigenvalue weighted by Crippen LogP contribution is -2.41. The number of nitrogens with zero attached hydrogens (tertiary/aromatic N) is 3. The third-order valence-electron chi connectivity index (χ3n) is 7.23. The topological polar surface area (TPSA) is 91.8 Å². The quantitative estimate of drug-likeness (QED) is 0.565. The minimum absolute atomic E-state index is 0.0344. The van der Waals surface area contributed by atoms with Gasteiger partial charge >= 0.3 is 0 Å². The summed E-state index contributed by atoms with van der Waals surface area (Å²) in [5.74, 6) is 0.708. The Morgan fingerprint density at radius 1 is 1.06 bits per heavy atom. The predicted octanol–water partition coefficient (Wildman–Crippen LogP) is 3.73. The van der Waals surface area contributed by atoms with Crippen molar-refractivity contribution in [3.63, 3.8) is 0 Å². The molecule has 0 bridgehead atoms. The molecule has 2 fully saturated rings. The molecule has 190 valence electrons. The fourth-order valence-electron chi connectivity index (χ4n) is 4.89. The first-order valence-electron chi connectivity index (χ1n) is 12.4. The summed E-state index contributed by atoms with van der Waals surface area (Å²) in [6.07, 6.45) is 1.74. The zero-order valence-corrected chi connectivity index (χ0v) is 21.6. The van der Waals surface area contributed by atoms with Gasteiger partial charge in [-0.15, -0.1) is 0 Å². The number of benzene rings is 2. The van der Waals surface area contributed by atoms with E-state index < -0.39 is 10.0 Å². The van der Waals surface area contributed by atoms with Gasteiger partial charge in [-0.1, -0.05) is 12.1 Å². The molecule has 1 aromatic heterocycles. The molecule has 1 amide bonds. The molecule has 3 aromatic rings. The van der Waals surface area contributed by atoms with E-state index in [9.17, 15) is 13.2 Å². The highest BCUT2D eigenvalue weighted by atomic mass is 32.2. The molecule has 3 heterocycles. The fraction of sp³-hybridized carbons (Fsp3) is 0.407. The number of piperidine rings is 1. The van der Waals surface area contributed by atoms with E-state index in [2.05, 4.69) is 10.2 Å².